The number of rotatable bonds is 8. The molecule has 1 fully saturated rings. The molecule has 0 saturated carbocycles. The molecule has 1 aliphatic rings. The van der Waals surface area contributed by atoms with Crippen LogP contribution >= 0.6 is 0 Å². The highest BCUT2D eigenvalue weighted by atomic mass is 16.2. The van der Waals surface area contributed by atoms with Gasteiger partial charge in [0.15, 0.2) is 0 Å². The van der Waals surface area contributed by atoms with Crippen LogP contribution in [0.25, 0.3) is 11.3 Å². The van der Waals surface area contributed by atoms with Gasteiger partial charge in [-0.05, 0) is 44.2 Å². The molecular formula is C24H34N4O2. The lowest BCUT2D eigenvalue weighted by atomic mass is 9.92. The second-order valence-corrected chi connectivity index (χ2v) is 8.81. The van der Waals surface area contributed by atoms with Crippen molar-refractivity contribution in [1.82, 2.24) is 20.0 Å². The Morgan fingerprint density at radius 1 is 1.07 bits per heavy atom. The molecular weight excluding hydrogens is 376 g/mol. The Bertz CT molecular complexity index is 881. The highest BCUT2D eigenvalue weighted by molar-refractivity contribution is 5.75. The summed E-state index contributed by atoms with van der Waals surface area (Å²) in [6, 6.07) is 11.3. The molecule has 2 atom stereocenters. The number of amides is 1. The van der Waals surface area contributed by atoms with E-state index in [1.807, 2.05) is 31.2 Å². The fourth-order valence-electron chi connectivity index (χ4n) is 4.29. The van der Waals surface area contributed by atoms with E-state index in [9.17, 15) is 9.59 Å². The second kappa shape index (κ2) is 10.5. The number of carbonyl (C=O) groups is 1. The first-order valence-electron chi connectivity index (χ1n) is 11.0. The lowest BCUT2D eigenvalue weighted by Gasteiger charge is -2.34. The van der Waals surface area contributed by atoms with Gasteiger partial charge in [-0.2, -0.15) is 5.10 Å². The molecule has 0 aliphatic carbocycles. The second-order valence-electron chi connectivity index (χ2n) is 8.81. The normalized spacial score (nSPS) is 19.6. The standard InChI is InChI=1S/C24H34N4O2/c1-18-5-7-21(8-6-18)22-9-10-24(30)28(26-22)14-11-23(29)25-12-4-13-27-16-19(2)15-20(3)17-27/h5-10,19-20H,4,11-17H2,1-3H3,(H,25,29)/t19-,20-/m1/s1. The van der Waals surface area contributed by atoms with E-state index in [1.165, 1.54) is 22.7 Å². The van der Waals surface area contributed by atoms with Gasteiger partial charge in [0.2, 0.25) is 5.91 Å². The number of hydrogen-bond acceptors (Lipinski definition) is 4. The number of hydrogen-bond donors (Lipinski definition) is 1. The lowest BCUT2D eigenvalue weighted by Crippen LogP contribution is -2.40. The molecule has 0 spiro atoms. The van der Waals surface area contributed by atoms with Crippen LogP contribution in [-0.2, 0) is 11.3 Å². The summed E-state index contributed by atoms with van der Waals surface area (Å²) < 4.78 is 1.38. The molecule has 3 rings (SSSR count). The summed E-state index contributed by atoms with van der Waals surface area (Å²) in [6.07, 6.45) is 2.51. The maximum atomic E-state index is 12.2. The van der Waals surface area contributed by atoms with Crippen LogP contribution in [0.3, 0.4) is 0 Å². The molecule has 30 heavy (non-hydrogen) atoms. The van der Waals surface area contributed by atoms with E-state index >= 15 is 0 Å². The summed E-state index contributed by atoms with van der Waals surface area (Å²) in [6.45, 7) is 10.9. The van der Waals surface area contributed by atoms with Crippen molar-refractivity contribution < 1.29 is 4.79 Å². The molecule has 1 saturated heterocycles. The lowest BCUT2D eigenvalue weighted by molar-refractivity contribution is -0.121. The number of nitrogens with zero attached hydrogens (tertiary/aromatic N) is 3. The van der Waals surface area contributed by atoms with Crippen LogP contribution in [0.2, 0.25) is 0 Å². The molecule has 0 radical (unpaired) electrons. The monoisotopic (exact) mass is 410 g/mol. The summed E-state index contributed by atoms with van der Waals surface area (Å²) in [4.78, 5) is 26.8. The van der Waals surface area contributed by atoms with Crippen LogP contribution in [0, 0.1) is 18.8 Å². The van der Waals surface area contributed by atoms with Gasteiger partial charge in [-0.1, -0.05) is 43.7 Å². The van der Waals surface area contributed by atoms with E-state index in [1.54, 1.807) is 6.07 Å². The molecule has 0 bridgehead atoms. The summed E-state index contributed by atoms with van der Waals surface area (Å²) in [5.41, 5.74) is 2.68. The summed E-state index contributed by atoms with van der Waals surface area (Å²) >= 11 is 0. The van der Waals surface area contributed by atoms with E-state index in [0.717, 1.165) is 49.1 Å². The van der Waals surface area contributed by atoms with E-state index < -0.39 is 0 Å². The number of piperidine rings is 1. The first-order chi connectivity index (χ1) is 14.4. The van der Waals surface area contributed by atoms with Crippen molar-refractivity contribution in [2.24, 2.45) is 11.8 Å². The Morgan fingerprint density at radius 2 is 1.77 bits per heavy atom. The predicted molar refractivity (Wildman–Crippen MR) is 120 cm³/mol. The Balaban J connectivity index is 1.43. The minimum Gasteiger partial charge on any atom is -0.356 e. The van der Waals surface area contributed by atoms with Gasteiger partial charge in [0, 0.05) is 37.7 Å². The van der Waals surface area contributed by atoms with Crippen molar-refractivity contribution in [2.45, 2.75) is 46.6 Å². The third-order valence-corrected chi connectivity index (χ3v) is 5.68. The quantitative estimate of drug-likeness (QED) is 0.679. The van der Waals surface area contributed by atoms with Gasteiger partial charge in [0.1, 0.15) is 0 Å². The third kappa shape index (κ3) is 6.52. The van der Waals surface area contributed by atoms with Crippen LogP contribution in [0.4, 0.5) is 0 Å². The van der Waals surface area contributed by atoms with E-state index in [2.05, 4.69) is 29.2 Å². The van der Waals surface area contributed by atoms with Crippen molar-refractivity contribution in [1.29, 1.82) is 0 Å². The number of nitrogens with one attached hydrogen (secondary N) is 1. The van der Waals surface area contributed by atoms with Crippen LogP contribution in [0.5, 0.6) is 0 Å². The van der Waals surface area contributed by atoms with Crippen LogP contribution < -0.4 is 10.9 Å². The maximum absolute atomic E-state index is 12.2. The first-order valence-corrected chi connectivity index (χ1v) is 11.0. The molecule has 1 aromatic heterocycles. The smallest absolute Gasteiger partial charge is 0.266 e. The Hall–Kier alpha value is -2.47. The van der Waals surface area contributed by atoms with Crippen molar-refractivity contribution in [3.63, 3.8) is 0 Å². The average molecular weight is 411 g/mol. The van der Waals surface area contributed by atoms with Gasteiger partial charge in [-0.15, -0.1) is 0 Å². The third-order valence-electron chi connectivity index (χ3n) is 5.68. The Morgan fingerprint density at radius 3 is 2.47 bits per heavy atom. The van der Waals surface area contributed by atoms with E-state index in [0.29, 0.717) is 6.54 Å². The Kier molecular flexibility index (Phi) is 7.80. The highest BCUT2D eigenvalue weighted by Gasteiger charge is 2.21. The zero-order valence-corrected chi connectivity index (χ0v) is 18.4. The highest BCUT2D eigenvalue weighted by Crippen LogP contribution is 2.20. The van der Waals surface area contributed by atoms with Crippen molar-refractivity contribution in [3.05, 3.63) is 52.3 Å². The minimum atomic E-state index is -0.188. The van der Waals surface area contributed by atoms with Crippen molar-refractivity contribution in [2.75, 3.05) is 26.2 Å². The molecule has 0 unspecified atom stereocenters. The molecule has 2 heterocycles. The van der Waals surface area contributed by atoms with Gasteiger partial charge in [-0.3, -0.25) is 9.59 Å². The molecule has 162 valence electrons. The first kappa shape index (κ1) is 22.2. The van der Waals surface area contributed by atoms with Crippen LogP contribution in [0.1, 0.15) is 38.7 Å². The minimum absolute atomic E-state index is 0.0372. The van der Waals surface area contributed by atoms with Crippen LogP contribution in [0.15, 0.2) is 41.2 Å². The van der Waals surface area contributed by atoms with Gasteiger partial charge in [0.05, 0.1) is 12.2 Å². The molecule has 1 amide bonds. The zero-order chi connectivity index (χ0) is 21.5. The SMILES string of the molecule is Cc1ccc(-c2ccc(=O)n(CCC(=O)NCCCN3C[C@H](C)C[C@@H](C)C3)n2)cc1. The summed E-state index contributed by atoms with van der Waals surface area (Å²) in [7, 11) is 0. The van der Waals surface area contributed by atoms with E-state index in [4.69, 9.17) is 0 Å². The van der Waals surface area contributed by atoms with Gasteiger partial charge in [-0.25, -0.2) is 4.68 Å². The molecule has 1 aliphatic heterocycles. The van der Waals surface area contributed by atoms with Crippen LogP contribution in [-0.4, -0.2) is 46.8 Å². The number of benzene rings is 1. The topological polar surface area (TPSA) is 67.2 Å². The average Bonchev–Trinajstić information content (AvgIpc) is 2.70. The van der Waals surface area contributed by atoms with Gasteiger partial charge >= 0.3 is 0 Å². The van der Waals surface area contributed by atoms with Crippen molar-refractivity contribution >= 4 is 5.91 Å². The van der Waals surface area contributed by atoms with Gasteiger partial charge < -0.3 is 10.2 Å². The van der Waals surface area contributed by atoms with E-state index in [-0.39, 0.29) is 24.4 Å². The maximum Gasteiger partial charge on any atom is 0.266 e. The van der Waals surface area contributed by atoms with Crippen molar-refractivity contribution in [3.8, 4) is 11.3 Å². The number of carbonyl (C=O) groups excluding carboxylic acids is 1. The Labute approximate surface area is 179 Å². The van der Waals surface area contributed by atoms with Gasteiger partial charge in [0.25, 0.3) is 5.56 Å². The fourth-order valence-corrected chi connectivity index (χ4v) is 4.29. The number of aryl methyl sites for hydroxylation is 2. The molecule has 6 heteroatoms. The number of likely N-dealkylation sites (tertiary alicyclic amines) is 1. The molecule has 1 N–H and O–H groups in total. The fraction of sp³-hybridized carbons (Fsp3) is 0.542. The summed E-state index contributed by atoms with van der Waals surface area (Å²) in [5, 5.41) is 7.41. The predicted octanol–water partition coefficient (Wildman–Crippen LogP) is 3.09. The zero-order valence-electron chi connectivity index (χ0n) is 18.4. The number of aromatic nitrogens is 2. The largest absolute Gasteiger partial charge is 0.356 e. The molecule has 6 nitrogen and oxygen atoms in total. The molecule has 2 aromatic rings. The summed E-state index contributed by atoms with van der Waals surface area (Å²) in [5.74, 6) is 1.47. The molecule has 1 aromatic carbocycles.